The highest BCUT2D eigenvalue weighted by molar-refractivity contribution is 6.18. The molecule has 9 heteroatoms. The van der Waals surface area contributed by atoms with Crippen molar-refractivity contribution in [2.45, 2.75) is 51.5 Å². The fourth-order valence-corrected chi connectivity index (χ4v) is 2.24. The summed E-state index contributed by atoms with van der Waals surface area (Å²) < 4.78 is 20.1. The zero-order valence-corrected chi connectivity index (χ0v) is 12.5. The number of hydrogen-bond acceptors (Lipinski definition) is 8. The third-order valence-electron chi connectivity index (χ3n) is 2.67. The number of rotatable bonds is 4. The summed E-state index contributed by atoms with van der Waals surface area (Å²) in [4.78, 5) is 33.5. The molecule has 21 heavy (non-hydrogen) atoms. The van der Waals surface area contributed by atoms with Gasteiger partial charge in [0, 0.05) is 20.8 Å². The number of carbonyl (C=O) groups is 3. The van der Waals surface area contributed by atoms with Crippen LogP contribution in [0.1, 0.15) is 20.8 Å². The van der Waals surface area contributed by atoms with Crippen molar-refractivity contribution >= 4 is 29.5 Å². The van der Waals surface area contributed by atoms with Crippen LogP contribution in [0.3, 0.4) is 0 Å². The maximum absolute atomic E-state index is 11.2. The van der Waals surface area contributed by atoms with Crippen molar-refractivity contribution < 1.29 is 38.4 Å². The summed E-state index contributed by atoms with van der Waals surface area (Å²) in [5, 5.41) is 9.86. The van der Waals surface area contributed by atoms with Crippen LogP contribution in [0.25, 0.3) is 0 Å². The number of aliphatic hydroxyl groups excluding tert-OH is 1. The molecule has 0 aliphatic carbocycles. The lowest BCUT2D eigenvalue weighted by Gasteiger charge is -2.42. The average Bonchev–Trinajstić information content (AvgIpc) is 2.35. The molecule has 1 saturated heterocycles. The van der Waals surface area contributed by atoms with Gasteiger partial charge < -0.3 is 24.1 Å². The Bertz CT molecular complexity index is 412. The normalized spacial score (nSPS) is 32.1. The SMILES string of the molecule is CC(=O)O[C@@H]1[C@H](OC(C)=O)[C@@H](OC(C)=O)C(O)O[C@@H]1CCl. The van der Waals surface area contributed by atoms with Crippen LogP contribution in [0.2, 0.25) is 0 Å². The van der Waals surface area contributed by atoms with Crippen molar-refractivity contribution in [3.05, 3.63) is 0 Å². The van der Waals surface area contributed by atoms with Gasteiger partial charge in [0.05, 0.1) is 5.88 Å². The van der Waals surface area contributed by atoms with Gasteiger partial charge in [-0.15, -0.1) is 11.6 Å². The number of ether oxygens (including phenoxy) is 4. The maximum Gasteiger partial charge on any atom is 0.303 e. The molecule has 1 aliphatic heterocycles. The number of hydrogen-bond donors (Lipinski definition) is 1. The number of alkyl halides is 1. The summed E-state index contributed by atoms with van der Waals surface area (Å²) >= 11 is 5.70. The number of esters is 3. The molecule has 1 fully saturated rings. The van der Waals surface area contributed by atoms with Crippen LogP contribution in [0, 0.1) is 0 Å². The van der Waals surface area contributed by atoms with E-state index in [1.165, 1.54) is 0 Å². The van der Waals surface area contributed by atoms with Crippen LogP contribution in [0.4, 0.5) is 0 Å². The molecule has 0 aromatic heterocycles. The Morgan fingerprint density at radius 2 is 1.38 bits per heavy atom. The van der Waals surface area contributed by atoms with Crippen molar-refractivity contribution in [1.82, 2.24) is 0 Å². The van der Waals surface area contributed by atoms with Crippen LogP contribution in [0.15, 0.2) is 0 Å². The smallest absolute Gasteiger partial charge is 0.303 e. The van der Waals surface area contributed by atoms with Crippen molar-refractivity contribution in [3.8, 4) is 0 Å². The molecule has 0 aromatic rings. The standard InChI is InChI=1S/C12H17ClO8/c1-5(14)18-9-8(4-13)21-12(17)11(20-7(3)16)10(9)19-6(2)15/h8-12,17H,4H2,1-3H3/t8-,9+,10+,11-,12?/m1/s1. The van der Waals surface area contributed by atoms with Crippen LogP contribution >= 0.6 is 11.6 Å². The highest BCUT2D eigenvalue weighted by Gasteiger charge is 2.51. The van der Waals surface area contributed by atoms with E-state index < -0.39 is 48.6 Å². The Morgan fingerprint density at radius 3 is 1.81 bits per heavy atom. The topological polar surface area (TPSA) is 108 Å². The maximum atomic E-state index is 11.2. The largest absolute Gasteiger partial charge is 0.456 e. The van der Waals surface area contributed by atoms with E-state index in [4.69, 9.17) is 30.5 Å². The zero-order chi connectivity index (χ0) is 16.2. The van der Waals surface area contributed by atoms with Crippen molar-refractivity contribution in [2.75, 3.05) is 5.88 Å². The molecule has 1 rings (SSSR count). The Hall–Kier alpha value is -1.38. The van der Waals surface area contributed by atoms with Gasteiger partial charge in [-0.1, -0.05) is 0 Å². The van der Waals surface area contributed by atoms with Gasteiger partial charge in [0.25, 0.3) is 0 Å². The number of carbonyl (C=O) groups excluding carboxylic acids is 3. The predicted molar refractivity (Wildman–Crippen MR) is 68.3 cm³/mol. The molecular weight excluding hydrogens is 308 g/mol. The molecule has 5 atom stereocenters. The molecule has 120 valence electrons. The van der Waals surface area contributed by atoms with Gasteiger partial charge in [-0.3, -0.25) is 14.4 Å². The summed E-state index contributed by atoms with van der Waals surface area (Å²) in [6, 6.07) is 0. The van der Waals surface area contributed by atoms with E-state index in [1.807, 2.05) is 0 Å². The third-order valence-corrected chi connectivity index (χ3v) is 2.97. The molecule has 1 heterocycles. The van der Waals surface area contributed by atoms with Crippen LogP contribution in [-0.2, 0) is 33.3 Å². The van der Waals surface area contributed by atoms with Gasteiger partial charge in [0.1, 0.15) is 6.10 Å². The molecule has 1 N–H and O–H groups in total. The zero-order valence-electron chi connectivity index (χ0n) is 11.8. The summed E-state index contributed by atoms with van der Waals surface area (Å²) in [7, 11) is 0. The lowest BCUT2D eigenvalue weighted by Crippen LogP contribution is -2.61. The Kier molecular flexibility index (Phi) is 6.38. The van der Waals surface area contributed by atoms with E-state index in [0.717, 1.165) is 20.8 Å². The molecule has 1 unspecified atom stereocenters. The molecule has 1 aliphatic rings. The molecule has 8 nitrogen and oxygen atoms in total. The van der Waals surface area contributed by atoms with Crippen molar-refractivity contribution in [1.29, 1.82) is 0 Å². The van der Waals surface area contributed by atoms with Crippen molar-refractivity contribution in [2.24, 2.45) is 0 Å². The minimum absolute atomic E-state index is 0.125. The number of halogens is 1. The van der Waals surface area contributed by atoms with Gasteiger partial charge >= 0.3 is 17.9 Å². The Labute approximate surface area is 126 Å². The monoisotopic (exact) mass is 324 g/mol. The average molecular weight is 325 g/mol. The van der Waals surface area contributed by atoms with Crippen LogP contribution in [0.5, 0.6) is 0 Å². The fourth-order valence-electron chi connectivity index (χ4n) is 2.00. The van der Waals surface area contributed by atoms with E-state index in [9.17, 15) is 19.5 Å². The van der Waals surface area contributed by atoms with Gasteiger partial charge in [0.15, 0.2) is 24.6 Å². The molecule has 0 amide bonds. The van der Waals surface area contributed by atoms with Crippen LogP contribution < -0.4 is 0 Å². The second kappa shape index (κ2) is 7.58. The molecular formula is C12H17ClO8. The molecule has 0 spiro atoms. The Morgan fingerprint density at radius 1 is 0.952 bits per heavy atom. The number of aliphatic hydroxyl groups is 1. The summed E-state index contributed by atoms with van der Waals surface area (Å²) in [5.74, 6) is -2.20. The lowest BCUT2D eigenvalue weighted by atomic mass is 9.99. The van der Waals surface area contributed by atoms with Gasteiger partial charge in [-0.05, 0) is 0 Å². The molecule has 0 aromatic carbocycles. The highest BCUT2D eigenvalue weighted by atomic mass is 35.5. The van der Waals surface area contributed by atoms with Gasteiger partial charge in [-0.25, -0.2) is 0 Å². The highest BCUT2D eigenvalue weighted by Crippen LogP contribution is 2.28. The first-order valence-corrected chi connectivity index (χ1v) is 6.70. The van der Waals surface area contributed by atoms with E-state index in [-0.39, 0.29) is 5.88 Å². The van der Waals surface area contributed by atoms with Gasteiger partial charge in [0.2, 0.25) is 0 Å². The minimum atomic E-state index is -1.56. The predicted octanol–water partition coefficient (Wildman–Crippen LogP) is -0.263. The molecule has 0 radical (unpaired) electrons. The second-order valence-electron chi connectivity index (χ2n) is 4.44. The van der Waals surface area contributed by atoms with Crippen molar-refractivity contribution in [3.63, 3.8) is 0 Å². The lowest BCUT2D eigenvalue weighted by molar-refractivity contribution is -0.287. The first-order chi connectivity index (χ1) is 9.76. The van der Waals surface area contributed by atoms with E-state index in [2.05, 4.69) is 0 Å². The van der Waals surface area contributed by atoms with E-state index >= 15 is 0 Å². The second-order valence-corrected chi connectivity index (χ2v) is 4.75. The van der Waals surface area contributed by atoms with Crippen LogP contribution in [-0.4, -0.2) is 59.6 Å². The summed E-state index contributed by atoms with van der Waals surface area (Å²) in [5.41, 5.74) is 0. The summed E-state index contributed by atoms with van der Waals surface area (Å²) in [6.07, 6.45) is -6.12. The quantitative estimate of drug-likeness (QED) is 0.428. The van der Waals surface area contributed by atoms with E-state index in [0.29, 0.717) is 0 Å². The Balaban J connectivity index is 3.08. The molecule has 0 saturated carbocycles. The third kappa shape index (κ3) is 4.83. The van der Waals surface area contributed by atoms with E-state index in [1.54, 1.807) is 0 Å². The van der Waals surface area contributed by atoms with Gasteiger partial charge in [-0.2, -0.15) is 0 Å². The fraction of sp³-hybridized carbons (Fsp3) is 0.750. The minimum Gasteiger partial charge on any atom is -0.456 e. The first-order valence-electron chi connectivity index (χ1n) is 6.17. The summed E-state index contributed by atoms with van der Waals surface area (Å²) in [6.45, 7) is 3.40. The first kappa shape index (κ1) is 17.7. The molecule has 0 bridgehead atoms.